The number of nitrogens with zero attached hydrogens (tertiary/aromatic N) is 1. The van der Waals surface area contributed by atoms with Gasteiger partial charge in [-0.2, -0.15) is 0 Å². The highest BCUT2D eigenvalue weighted by atomic mass is 127. The van der Waals surface area contributed by atoms with E-state index in [2.05, 4.69) is 65.1 Å². The molecule has 0 bridgehead atoms. The van der Waals surface area contributed by atoms with E-state index in [0.717, 1.165) is 30.9 Å². The van der Waals surface area contributed by atoms with Crippen molar-refractivity contribution < 1.29 is 4.79 Å². The smallest absolute Gasteiger partial charge is 0.251 e. The third kappa shape index (κ3) is 6.73. The van der Waals surface area contributed by atoms with Gasteiger partial charge in [-0.05, 0) is 36.1 Å². The normalized spacial score (nSPS) is 11.4. The second-order valence-electron chi connectivity index (χ2n) is 6.91. The van der Waals surface area contributed by atoms with Crippen LogP contribution in [0.2, 0.25) is 0 Å². The van der Waals surface area contributed by atoms with Gasteiger partial charge in [0.1, 0.15) is 0 Å². The van der Waals surface area contributed by atoms with Gasteiger partial charge in [-0.15, -0.1) is 24.0 Å². The van der Waals surface area contributed by atoms with Crippen molar-refractivity contribution in [3.05, 3.63) is 71.3 Å². The Labute approximate surface area is 191 Å². The minimum absolute atomic E-state index is 0. The van der Waals surface area contributed by atoms with Crippen LogP contribution in [0, 0.1) is 0 Å². The summed E-state index contributed by atoms with van der Waals surface area (Å²) >= 11 is 0. The molecule has 0 aliphatic rings. The summed E-state index contributed by atoms with van der Waals surface area (Å²) in [6.07, 6.45) is 2.11. The van der Waals surface area contributed by atoms with Gasteiger partial charge in [-0.25, -0.2) is 0 Å². The van der Waals surface area contributed by atoms with Crippen molar-refractivity contribution in [1.82, 2.24) is 16.0 Å². The van der Waals surface area contributed by atoms with E-state index in [1.165, 1.54) is 5.56 Å². The molecule has 0 aliphatic carbocycles. The fraction of sp³-hybridized carbons (Fsp3) is 0.391. The number of hydrogen-bond donors (Lipinski definition) is 3. The lowest BCUT2D eigenvalue weighted by molar-refractivity contribution is 0.0963. The first-order chi connectivity index (χ1) is 13.6. The second-order valence-corrected chi connectivity index (χ2v) is 6.91. The van der Waals surface area contributed by atoms with Crippen LogP contribution in [0.25, 0.3) is 0 Å². The quantitative estimate of drug-likeness (QED) is 0.286. The van der Waals surface area contributed by atoms with Crippen molar-refractivity contribution in [2.75, 3.05) is 20.6 Å². The number of carbonyl (C=O) groups is 1. The molecule has 2 aromatic rings. The fourth-order valence-electron chi connectivity index (χ4n) is 3.38. The first kappa shape index (κ1) is 24.9. The van der Waals surface area contributed by atoms with E-state index in [0.29, 0.717) is 12.1 Å². The molecule has 0 saturated carbocycles. The molecule has 0 aromatic heterocycles. The van der Waals surface area contributed by atoms with Gasteiger partial charge in [-0.1, -0.05) is 56.3 Å². The summed E-state index contributed by atoms with van der Waals surface area (Å²) in [6.45, 7) is 5.94. The zero-order valence-electron chi connectivity index (χ0n) is 17.8. The minimum atomic E-state index is -0.0756. The Morgan fingerprint density at radius 3 is 2.10 bits per heavy atom. The third-order valence-corrected chi connectivity index (χ3v) is 5.46. The van der Waals surface area contributed by atoms with Crippen molar-refractivity contribution in [3.8, 4) is 0 Å². The minimum Gasteiger partial charge on any atom is -0.356 e. The van der Waals surface area contributed by atoms with Gasteiger partial charge in [0.05, 0.1) is 0 Å². The molecule has 0 saturated heterocycles. The molecule has 0 radical (unpaired) electrons. The van der Waals surface area contributed by atoms with Crippen LogP contribution in [0.5, 0.6) is 0 Å². The average molecular weight is 508 g/mol. The molecule has 29 heavy (non-hydrogen) atoms. The molecule has 0 spiro atoms. The average Bonchev–Trinajstić information content (AvgIpc) is 2.77. The van der Waals surface area contributed by atoms with Gasteiger partial charge in [0, 0.05) is 38.2 Å². The number of rotatable bonds is 8. The number of hydrogen-bond acceptors (Lipinski definition) is 2. The van der Waals surface area contributed by atoms with Crippen LogP contribution < -0.4 is 16.0 Å². The maximum Gasteiger partial charge on any atom is 0.251 e. The van der Waals surface area contributed by atoms with E-state index >= 15 is 0 Å². The Morgan fingerprint density at radius 1 is 0.966 bits per heavy atom. The molecular formula is C23H33IN4O. The van der Waals surface area contributed by atoms with E-state index in [1.807, 2.05) is 24.3 Å². The number of halogens is 1. The number of carbonyl (C=O) groups excluding carboxylic acids is 1. The molecule has 0 atom stereocenters. The summed E-state index contributed by atoms with van der Waals surface area (Å²) in [6, 6.07) is 18.3. The molecule has 1 amide bonds. The predicted octanol–water partition coefficient (Wildman–Crippen LogP) is 4.09. The lowest BCUT2D eigenvalue weighted by Gasteiger charge is -2.33. The number of amides is 1. The van der Waals surface area contributed by atoms with Gasteiger partial charge >= 0.3 is 0 Å². The largest absolute Gasteiger partial charge is 0.356 e. The molecule has 3 N–H and O–H groups in total. The van der Waals surface area contributed by atoms with E-state index in [1.54, 1.807) is 14.1 Å². The lowest BCUT2D eigenvalue weighted by atomic mass is 9.76. The Kier molecular flexibility index (Phi) is 10.7. The second kappa shape index (κ2) is 12.5. The monoisotopic (exact) mass is 508 g/mol. The Bertz CT molecular complexity index is 771. The predicted molar refractivity (Wildman–Crippen MR) is 132 cm³/mol. The van der Waals surface area contributed by atoms with Crippen LogP contribution in [0.15, 0.2) is 59.6 Å². The van der Waals surface area contributed by atoms with Crippen molar-refractivity contribution >= 4 is 35.8 Å². The van der Waals surface area contributed by atoms with E-state index in [9.17, 15) is 4.79 Å². The fourth-order valence-corrected chi connectivity index (χ4v) is 3.38. The van der Waals surface area contributed by atoms with E-state index in [4.69, 9.17) is 0 Å². The molecule has 0 aliphatic heterocycles. The zero-order valence-corrected chi connectivity index (χ0v) is 20.1. The molecule has 2 aromatic carbocycles. The van der Waals surface area contributed by atoms with E-state index < -0.39 is 0 Å². The molecule has 6 heteroatoms. The highest BCUT2D eigenvalue weighted by molar-refractivity contribution is 14.0. The summed E-state index contributed by atoms with van der Waals surface area (Å²) in [5.41, 5.74) is 3.18. The summed E-state index contributed by atoms with van der Waals surface area (Å²) in [7, 11) is 3.42. The van der Waals surface area contributed by atoms with Crippen molar-refractivity contribution in [1.29, 1.82) is 0 Å². The molecule has 0 heterocycles. The molecule has 0 fully saturated rings. The topological polar surface area (TPSA) is 65.5 Å². The summed E-state index contributed by atoms with van der Waals surface area (Å²) in [5, 5.41) is 9.49. The maximum absolute atomic E-state index is 11.6. The number of nitrogens with one attached hydrogen (secondary N) is 3. The van der Waals surface area contributed by atoms with Crippen LogP contribution in [0.4, 0.5) is 0 Å². The first-order valence-electron chi connectivity index (χ1n) is 9.89. The van der Waals surface area contributed by atoms with Crippen LogP contribution >= 0.6 is 24.0 Å². The SMILES string of the molecule is CCC(CC)(CNC(=NC)NCc1ccc(C(=O)NC)cc1)c1ccccc1.I. The van der Waals surface area contributed by atoms with Gasteiger partial charge in [-0.3, -0.25) is 9.79 Å². The van der Waals surface area contributed by atoms with Gasteiger partial charge in [0.25, 0.3) is 5.91 Å². The van der Waals surface area contributed by atoms with Gasteiger partial charge in [0.15, 0.2) is 5.96 Å². The maximum atomic E-state index is 11.6. The summed E-state index contributed by atoms with van der Waals surface area (Å²) in [5.74, 6) is 0.700. The highest BCUT2D eigenvalue weighted by Gasteiger charge is 2.28. The molecule has 158 valence electrons. The Balaban J connectivity index is 0.00000420. The Morgan fingerprint density at radius 2 is 1.59 bits per heavy atom. The number of benzene rings is 2. The van der Waals surface area contributed by atoms with Crippen LogP contribution in [-0.2, 0) is 12.0 Å². The third-order valence-electron chi connectivity index (χ3n) is 5.46. The molecular weight excluding hydrogens is 475 g/mol. The van der Waals surface area contributed by atoms with Gasteiger partial charge in [0.2, 0.25) is 0 Å². The standard InChI is InChI=1S/C23H32N4O.HI/c1-5-23(6-2,20-10-8-7-9-11-20)17-27-22(25-4)26-16-18-12-14-19(15-13-18)21(28)24-3;/h7-15H,5-6,16-17H2,1-4H3,(H,24,28)(H2,25,26,27);1H. The number of guanidine groups is 1. The first-order valence-corrected chi connectivity index (χ1v) is 9.89. The number of aliphatic imine (C=N–C) groups is 1. The van der Waals surface area contributed by atoms with E-state index in [-0.39, 0.29) is 35.3 Å². The molecule has 5 nitrogen and oxygen atoms in total. The van der Waals surface area contributed by atoms with Gasteiger partial charge < -0.3 is 16.0 Å². The molecule has 0 unspecified atom stereocenters. The van der Waals surface area contributed by atoms with Crippen molar-refractivity contribution in [3.63, 3.8) is 0 Å². The summed E-state index contributed by atoms with van der Waals surface area (Å²) < 4.78 is 0. The van der Waals surface area contributed by atoms with Crippen molar-refractivity contribution in [2.45, 2.75) is 38.6 Å². The Hall–Kier alpha value is -2.09. The van der Waals surface area contributed by atoms with Crippen LogP contribution in [-0.4, -0.2) is 32.5 Å². The highest BCUT2D eigenvalue weighted by Crippen LogP contribution is 2.30. The van der Waals surface area contributed by atoms with Crippen molar-refractivity contribution in [2.24, 2.45) is 4.99 Å². The lowest BCUT2D eigenvalue weighted by Crippen LogP contribution is -2.45. The van der Waals surface area contributed by atoms with Crippen LogP contribution in [0.3, 0.4) is 0 Å². The summed E-state index contributed by atoms with van der Waals surface area (Å²) in [4.78, 5) is 16.0. The molecule has 2 rings (SSSR count). The zero-order chi connectivity index (χ0) is 20.4. The van der Waals surface area contributed by atoms with Crippen LogP contribution in [0.1, 0.15) is 48.2 Å².